The third-order valence-electron chi connectivity index (χ3n) is 4.41. The minimum Gasteiger partial charge on any atom is -0.381 e. The standard InChI is InChI=1S/C17H28N4OS.HI/c1-18-17(19-7-3-12-22-14-15-5-6-15)21-10-8-20(9-11-21)16-4-2-13-23-16;/h2,4,13,15H,3,5-12,14H2,1H3,(H,18,19);1H. The molecule has 0 unspecified atom stereocenters. The fourth-order valence-electron chi connectivity index (χ4n) is 2.83. The number of thiophene rings is 1. The van der Waals surface area contributed by atoms with Crippen LogP contribution in [0.3, 0.4) is 0 Å². The Morgan fingerprint density at radius 2 is 2.12 bits per heavy atom. The predicted octanol–water partition coefficient (Wildman–Crippen LogP) is 2.88. The summed E-state index contributed by atoms with van der Waals surface area (Å²) in [5.41, 5.74) is 0. The van der Waals surface area contributed by atoms with Crippen LogP contribution in [0.4, 0.5) is 5.00 Å². The lowest BCUT2D eigenvalue weighted by Gasteiger charge is -2.37. The molecule has 5 nitrogen and oxygen atoms in total. The van der Waals surface area contributed by atoms with Gasteiger partial charge in [0.05, 0.1) is 5.00 Å². The van der Waals surface area contributed by atoms with E-state index < -0.39 is 0 Å². The Morgan fingerprint density at radius 1 is 1.33 bits per heavy atom. The van der Waals surface area contributed by atoms with Crippen LogP contribution in [0.5, 0.6) is 0 Å². The number of hydrogen-bond acceptors (Lipinski definition) is 4. The molecule has 2 aliphatic rings. The highest BCUT2D eigenvalue weighted by molar-refractivity contribution is 14.0. The third kappa shape index (κ3) is 6.07. The Hall–Kier alpha value is -0.540. The van der Waals surface area contributed by atoms with Crippen molar-refractivity contribution in [1.29, 1.82) is 0 Å². The summed E-state index contributed by atoms with van der Waals surface area (Å²) in [6.45, 7) is 6.91. The summed E-state index contributed by atoms with van der Waals surface area (Å²) in [5, 5.41) is 6.99. The van der Waals surface area contributed by atoms with Crippen molar-refractivity contribution in [2.75, 3.05) is 57.9 Å². The largest absolute Gasteiger partial charge is 0.381 e. The number of aliphatic imine (C=N–C) groups is 1. The van der Waals surface area contributed by atoms with E-state index >= 15 is 0 Å². The summed E-state index contributed by atoms with van der Waals surface area (Å²) in [5.74, 6) is 1.88. The Kier molecular flexibility index (Phi) is 8.61. The molecule has 1 aromatic rings. The maximum absolute atomic E-state index is 5.67. The highest BCUT2D eigenvalue weighted by Gasteiger charge is 2.21. The first-order valence-corrected chi connectivity index (χ1v) is 9.56. The second kappa shape index (κ2) is 10.5. The molecule has 2 heterocycles. The quantitative estimate of drug-likeness (QED) is 0.292. The Morgan fingerprint density at radius 3 is 2.75 bits per heavy atom. The molecule has 136 valence electrons. The molecular formula is C17H29IN4OS. The third-order valence-corrected chi connectivity index (χ3v) is 5.34. The Bertz CT molecular complexity index is 485. The lowest BCUT2D eigenvalue weighted by atomic mass is 10.3. The maximum Gasteiger partial charge on any atom is 0.193 e. The molecular weight excluding hydrogens is 435 g/mol. The molecule has 0 radical (unpaired) electrons. The maximum atomic E-state index is 5.67. The number of ether oxygens (including phenoxy) is 1. The topological polar surface area (TPSA) is 40.1 Å². The molecule has 1 N–H and O–H groups in total. The van der Waals surface area contributed by atoms with Gasteiger partial charge in [-0.3, -0.25) is 4.99 Å². The number of piperazine rings is 1. The molecule has 1 saturated heterocycles. The SMILES string of the molecule is CN=C(NCCCOCC1CC1)N1CCN(c2cccs2)CC1.I. The van der Waals surface area contributed by atoms with Gasteiger partial charge in [0.15, 0.2) is 5.96 Å². The van der Waals surface area contributed by atoms with Gasteiger partial charge in [-0.15, -0.1) is 35.3 Å². The second-order valence-electron chi connectivity index (χ2n) is 6.27. The molecule has 0 amide bonds. The summed E-state index contributed by atoms with van der Waals surface area (Å²) in [7, 11) is 1.87. The van der Waals surface area contributed by atoms with Crippen molar-refractivity contribution in [3.8, 4) is 0 Å². The molecule has 24 heavy (non-hydrogen) atoms. The normalized spacial score (nSPS) is 18.5. The zero-order chi connectivity index (χ0) is 15.9. The van der Waals surface area contributed by atoms with Gasteiger partial charge in [-0.2, -0.15) is 0 Å². The number of nitrogens with zero attached hydrogens (tertiary/aromatic N) is 3. The minimum absolute atomic E-state index is 0. The molecule has 1 aliphatic carbocycles. The monoisotopic (exact) mass is 464 g/mol. The van der Waals surface area contributed by atoms with Crippen LogP contribution >= 0.6 is 35.3 Å². The number of hydrogen-bond donors (Lipinski definition) is 1. The van der Waals surface area contributed by atoms with Crippen molar-refractivity contribution < 1.29 is 4.74 Å². The first-order valence-electron chi connectivity index (χ1n) is 8.68. The molecule has 0 spiro atoms. The van der Waals surface area contributed by atoms with E-state index in [9.17, 15) is 0 Å². The van der Waals surface area contributed by atoms with Crippen LogP contribution in [0.2, 0.25) is 0 Å². The van der Waals surface area contributed by atoms with E-state index in [1.165, 1.54) is 17.8 Å². The van der Waals surface area contributed by atoms with Gasteiger partial charge in [0, 0.05) is 53.0 Å². The van der Waals surface area contributed by atoms with Gasteiger partial charge in [0.25, 0.3) is 0 Å². The Labute approximate surface area is 166 Å². The molecule has 1 saturated carbocycles. The highest BCUT2D eigenvalue weighted by Crippen LogP contribution is 2.28. The average Bonchev–Trinajstić information content (AvgIpc) is 3.25. The van der Waals surface area contributed by atoms with Crippen molar-refractivity contribution >= 4 is 46.3 Å². The van der Waals surface area contributed by atoms with Crippen molar-refractivity contribution in [3.05, 3.63) is 17.5 Å². The van der Waals surface area contributed by atoms with E-state index in [0.29, 0.717) is 0 Å². The zero-order valence-corrected chi connectivity index (χ0v) is 17.6. The number of guanidine groups is 1. The van der Waals surface area contributed by atoms with E-state index in [4.69, 9.17) is 4.74 Å². The van der Waals surface area contributed by atoms with Crippen LogP contribution < -0.4 is 10.2 Å². The van der Waals surface area contributed by atoms with Crippen LogP contribution in [0.15, 0.2) is 22.5 Å². The van der Waals surface area contributed by atoms with Crippen LogP contribution in [0.25, 0.3) is 0 Å². The first kappa shape index (κ1) is 19.8. The smallest absolute Gasteiger partial charge is 0.193 e. The van der Waals surface area contributed by atoms with Gasteiger partial charge in [0.2, 0.25) is 0 Å². The lowest BCUT2D eigenvalue weighted by molar-refractivity contribution is 0.122. The first-order chi connectivity index (χ1) is 11.4. The van der Waals surface area contributed by atoms with Crippen LogP contribution in [-0.4, -0.2) is 63.8 Å². The molecule has 0 aromatic carbocycles. The van der Waals surface area contributed by atoms with Crippen molar-refractivity contribution in [3.63, 3.8) is 0 Å². The highest BCUT2D eigenvalue weighted by atomic mass is 127. The molecule has 3 rings (SSSR count). The average molecular weight is 464 g/mol. The molecule has 1 aromatic heterocycles. The van der Waals surface area contributed by atoms with Crippen molar-refractivity contribution in [2.45, 2.75) is 19.3 Å². The summed E-state index contributed by atoms with van der Waals surface area (Å²) >= 11 is 1.82. The predicted molar refractivity (Wildman–Crippen MR) is 113 cm³/mol. The van der Waals surface area contributed by atoms with Crippen molar-refractivity contribution in [2.24, 2.45) is 10.9 Å². The molecule has 0 atom stereocenters. The fourth-order valence-corrected chi connectivity index (χ4v) is 3.62. The van der Waals surface area contributed by atoms with Crippen LogP contribution in [-0.2, 0) is 4.74 Å². The number of rotatable bonds is 7. The number of anilines is 1. The van der Waals surface area contributed by atoms with Gasteiger partial charge >= 0.3 is 0 Å². The summed E-state index contributed by atoms with van der Waals surface area (Å²) < 4.78 is 5.67. The van der Waals surface area contributed by atoms with Crippen molar-refractivity contribution in [1.82, 2.24) is 10.2 Å². The van der Waals surface area contributed by atoms with Gasteiger partial charge in [-0.1, -0.05) is 0 Å². The number of halogens is 1. The van der Waals surface area contributed by atoms with Crippen LogP contribution in [0.1, 0.15) is 19.3 Å². The Balaban J connectivity index is 0.00000208. The minimum atomic E-state index is 0. The second-order valence-corrected chi connectivity index (χ2v) is 7.20. The van der Waals surface area contributed by atoms with E-state index in [-0.39, 0.29) is 24.0 Å². The molecule has 2 fully saturated rings. The van der Waals surface area contributed by atoms with E-state index in [2.05, 4.69) is 37.6 Å². The van der Waals surface area contributed by atoms with Gasteiger partial charge in [0.1, 0.15) is 0 Å². The van der Waals surface area contributed by atoms with E-state index in [0.717, 1.165) is 64.2 Å². The number of nitrogens with one attached hydrogen (secondary N) is 1. The molecule has 1 aliphatic heterocycles. The fraction of sp³-hybridized carbons (Fsp3) is 0.706. The molecule has 7 heteroatoms. The zero-order valence-electron chi connectivity index (χ0n) is 14.4. The lowest BCUT2D eigenvalue weighted by Crippen LogP contribution is -2.52. The molecule has 0 bridgehead atoms. The summed E-state index contributed by atoms with van der Waals surface area (Å²) in [6, 6.07) is 4.33. The van der Waals surface area contributed by atoms with E-state index in [1.54, 1.807) is 0 Å². The summed E-state index contributed by atoms with van der Waals surface area (Å²) in [6.07, 6.45) is 3.77. The van der Waals surface area contributed by atoms with E-state index in [1.807, 2.05) is 18.4 Å². The summed E-state index contributed by atoms with van der Waals surface area (Å²) in [4.78, 5) is 9.25. The van der Waals surface area contributed by atoms with Gasteiger partial charge < -0.3 is 19.9 Å². The van der Waals surface area contributed by atoms with Crippen LogP contribution in [0, 0.1) is 5.92 Å². The van der Waals surface area contributed by atoms with Gasteiger partial charge in [-0.25, -0.2) is 0 Å². The van der Waals surface area contributed by atoms with Gasteiger partial charge in [-0.05, 0) is 42.7 Å².